The summed E-state index contributed by atoms with van der Waals surface area (Å²) in [7, 11) is 1.37. The molecule has 6 nitrogen and oxygen atoms in total. The molecule has 0 aromatic heterocycles. The Kier molecular flexibility index (Phi) is 5.74. The van der Waals surface area contributed by atoms with Gasteiger partial charge in [0.2, 0.25) is 0 Å². The molecule has 10 heteroatoms. The van der Waals surface area contributed by atoms with E-state index in [4.69, 9.17) is 5.26 Å². The van der Waals surface area contributed by atoms with E-state index in [0.29, 0.717) is 12.8 Å². The number of hydrogen-bond acceptors (Lipinski definition) is 3. The van der Waals surface area contributed by atoms with Crippen molar-refractivity contribution >= 4 is 23.3 Å². The number of carbonyl (C=O) groups excluding carboxylic acids is 2. The van der Waals surface area contributed by atoms with Gasteiger partial charge in [-0.1, -0.05) is 12.8 Å². The van der Waals surface area contributed by atoms with Crippen LogP contribution in [0, 0.1) is 17.1 Å². The van der Waals surface area contributed by atoms with Gasteiger partial charge in [-0.05, 0) is 49.2 Å². The van der Waals surface area contributed by atoms with Crippen LogP contribution in [0.25, 0.3) is 0 Å². The highest BCUT2D eigenvalue weighted by atomic mass is 19.4. The molecule has 0 unspecified atom stereocenters. The minimum Gasteiger partial charge on any atom is -0.355 e. The van der Waals surface area contributed by atoms with Gasteiger partial charge in [0.25, 0.3) is 5.91 Å². The summed E-state index contributed by atoms with van der Waals surface area (Å²) in [5.41, 5.74) is -1.54. The van der Waals surface area contributed by atoms with Crippen molar-refractivity contribution in [3.63, 3.8) is 0 Å². The SMILES string of the molecule is CNC(=O)c1ccc(N2C(=O)N(c3ccc(C#N)c(C(F)(F)F)c3)[C@H]3CCCC[C@@H]32)cc1F. The van der Waals surface area contributed by atoms with E-state index in [1.807, 2.05) is 0 Å². The third kappa shape index (κ3) is 3.88. The number of nitrogens with one attached hydrogen (secondary N) is 1. The number of nitriles is 1. The van der Waals surface area contributed by atoms with Crippen LogP contribution < -0.4 is 15.1 Å². The molecule has 33 heavy (non-hydrogen) atoms. The van der Waals surface area contributed by atoms with Crippen molar-refractivity contribution in [3.8, 4) is 6.07 Å². The Hall–Kier alpha value is -3.61. The number of carbonyl (C=O) groups is 2. The maximum atomic E-state index is 14.6. The zero-order valence-electron chi connectivity index (χ0n) is 17.6. The largest absolute Gasteiger partial charge is 0.417 e. The smallest absolute Gasteiger partial charge is 0.355 e. The molecule has 4 rings (SSSR count). The molecule has 1 saturated carbocycles. The second kappa shape index (κ2) is 8.39. The fraction of sp³-hybridized carbons (Fsp3) is 0.348. The molecule has 2 aromatic rings. The zero-order chi connectivity index (χ0) is 23.9. The molecular weight excluding hydrogens is 440 g/mol. The first-order valence-corrected chi connectivity index (χ1v) is 10.4. The van der Waals surface area contributed by atoms with E-state index in [0.717, 1.165) is 31.0 Å². The third-order valence-electron chi connectivity index (χ3n) is 6.18. The normalized spacial score (nSPS) is 20.4. The van der Waals surface area contributed by atoms with Crippen LogP contribution in [0.15, 0.2) is 36.4 Å². The Morgan fingerprint density at radius 3 is 2.15 bits per heavy atom. The number of fused-ring (bicyclic) bond motifs is 1. The molecule has 1 N–H and O–H groups in total. The van der Waals surface area contributed by atoms with E-state index in [2.05, 4.69) is 5.32 Å². The number of rotatable bonds is 3. The summed E-state index contributed by atoms with van der Waals surface area (Å²) >= 11 is 0. The van der Waals surface area contributed by atoms with Crippen molar-refractivity contribution in [2.24, 2.45) is 0 Å². The van der Waals surface area contributed by atoms with Gasteiger partial charge in [-0.2, -0.15) is 18.4 Å². The number of benzene rings is 2. The Morgan fingerprint density at radius 1 is 1.06 bits per heavy atom. The highest BCUT2D eigenvalue weighted by molar-refractivity contribution is 6.08. The summed E-state index contributed by atoms with van der Waals surface area (Å²) in [6, 6.07) is 7.25. The molecule has 1 saturated heterocycles. The van der Waals surface area contributed by atoms with Crippen molar-refractivity contribution in [2.45, 2.75) is 43.9 Å². The van der Waals surface area contributed by atoms with Crippen LogP contribution in [0.1, 0.15) is 47.2 Å². The van der Waals surface area contributed by atoms with Crippen LogP contribution in [0.2, 0.25) is 0 Å². The van der Waals surface area contributed by atoms with Gasteiger partial charge < -0.3 is 5.32 Å². The number of alkyl halides is 3. The average Bonchev–Trinajstić information content (AvgIpc) is 3.09. The van der Waals surface area contributed by atoms with Crippen molar-refractivity contribution in [2.75, 3.05) is 16.8 Å². The molecule has 0 spiro atoms. The Labute approximate surface area is 187 Å². The van der Waals surface area contributed by atoms with Crippen molar-refractivity contribution in [1.82, 2.24) is 5.32 Å². The monoisotopic (exact) mass is 460 g/mol. The topological polar surface area (TPSA) is 76.4 Å². The van der Waals surface area contributed by atoms with Gasteiger partial charge in [0.15, 0.2) is 0 Å². The number of amides is 3. The van der Waals surface area contributed by atoms with Gasteiger partial charge in [0.1, 0.15) is 5.82 Å². The van der Waals surface area contributed by atoms with Gasteiger partial charge in [0, 0.05) is 18.4 Å². The van der Waals surface area contributed by atoms with Crippen molar-refractivity contribution in [1.29, 1.82) is 5.26 Å². The maximum Gasteiger partial charge on any atom is 0.417 e. The van der Waals surface area contributed by atoms with Crippen LogP contribution >= 0.6 is 0 Å². The molecule has 2 aliphatic rings. The van der Waals surface area contributed by atoms with Crippen LogP contribution in [0.3, 0.4) is 0 Å². The third-order valence-corrected chi connectivity index (χ3v) is 6.18. The lowest BCUT2D eigenvalue weighted by atomic mass is 9.89. The van der Waals surface area contributed by atoms with E-state index in [1.54, 1.807) is 0 Å². The molecule has 2 aromatic carbocycles. The fourth-order valence-corrected chi connectivity index (χ4v) is 4.68. The van der Waals surface area contributed by atoms with Crippen molar-refractivity contribution in [3.05, 3.63) is 58.9 Å². The van der Waals surface area contributed by atoms with Crippen LogP contribution in [-0.2, 0) is 6.18 Å². The van der Waals surface area contributed by atoms with Gasteiger partial charge in [-0.3, -0.25) is 14.6 Å². The lowest BCUT2D eigenvalue weighted by molar-refractivity contribution is -0.137. The van der Waals surface area contributed by atoms with E-state index in [-0.39, 0.29) is 23.0 Å². The van der Waals surface area contributed by atoms with E-state index >= 15 is 0 Å². The van der Waals surface area contributed by atoms with E-state index in [1.165, 1.54) is 41.1 Å². The quantitative estimate of drug-likeness (QED) is 0.667. The van der Waals surface area contributed by atoms with Gasteiger partial charge in [-0.15, -0.1) is 0 Å². The van der Waals surface area contributed by atoms with Crippen LogP contribution in [0.5, 0.6) is 0 Å². The summed E-state index contributed by atoms with van der Waals surface area (Å²) in [4.78, 5) is 28.0. The summed E-state index contributed by atoms with van der Waals surface area (Å²) in [5, 5.41) is 11.4. The summed E-state index contributed by atoms with van der Waals surface area (Å²) in [5.74, 6) is -1.41. The molecule has 1 aliphatic carbocycles. The molecule has 2 fully saturated rings. The molecule has 172 valence electrons. The van der Waals surface area contributed by atoms with E-state index in [9.17, 15) is 27.2 Å². The van der Waals surface area contributed by atoms with Crippen LogP contribution in [0.4, 0.5) is 33.7 Å². The van der Waals surface area contributed by atoms with Gasteiger partial charge in [-0.25, -0.2) is 9.18 Å². The lowest BCUT2D eigenvalue weighted by Gasteiger charge is -2.32. The first-order valence-electron chi connectivity index (χ1n) is 10.4. The second-order valence-corrected chi connectivity index (χ2v) is 8.02. The summed E-state index contributed by atoms with van der Waals surface area (Å²) in [6.07, 6.45) is -1.96. The molecule has 0 radical (unpaired) electrons. The number of urea groups is 1. The molecular formula is C23H20F4N4O2. The van der Waals surface area contributed by atoms with Crippen LogP contribution in [-0.4, -0.2) is 31.1 Å². The first kappa shape index (κ1) is 22.6. The second-order valence-electron chi connectivity index (χ2n) is 8.02. The maximum absolute atomic E-state index is 14.6. The molecule has 0 bridgehead atoms. The highest BCUT2D eigenvalue weighted by Crippen LogP contribution is 2.42. The standard InChI is InChI=1S/C23H20F4N4O2/c1-29-21(32)16-9-8-15(11-18(16)24)31-20-5-3-2-4-19(20)30(22(31)33)14-7-6-13(12-28)17(10-14)23(25,26)27/h6-11,19-20H,2-5H2,1H3,(H,29,32)/t19-,20-/m0/s1. The Morgan fingerprint density at radius 2 is 1.64 bits per heavy atom. The van der Waals surface area contributed by atoms with E-state index < -0.39 is 41.1 Å². The number of halogens is 4. The molecule has 3 amide bonds. The first-order chi connectivity index (χ1) is 15.7. The van der Waals surface area contributed by atoms with Gasteiger partial charge in [0.05, 0.1) is 34.8 Å². The Bertz CT molecular complexity index is 1160. The number of hydrogen-bond donors (Lipinski definition) is 1. The predicted octanol–water partition coefficient (Wildman–Crippen LogP) is 4.83. The molecule has 1 heterocycles. The zero-order valence-corrected chi connectivity index (χ0v) is 17.6. The highest BCUT2D eigenvalue weighted by Gasteiger charge is 2.48. The Balaban J connectivity index is 1.77. The minimum atomic E-state index is -4.76. The number of anilines is 2. The average molecular weight is 460 g/mol. The lowest BCUT2D eigenvalue weighted by Crippen LogP contribution is -2.40. The fourth-order valence-electron chi connectivity index (χ4n) is 4.68. The molecule has 2 atom stereocenters. The number of nitrogens with zero attached hydrogens (tertiary/aromatic N) is 3. The predicted molar refractivity (Wildman–Crippen MR) is 112 cm³/mol. The summed E-state index contributed by atoms with van der Waals surface area (Å²) in [6.45, 7) is 0. The summed E-state index contributed by atoms with van der Waals surface area (Å²) < 4.78 is 55.1. The molecule has 1 aliphatic heterocycles. The van der Waals surface area contributed by atoms with Crippen molar-refractivity contribution < 1.29 is 27.2 Å². The minimum absolute atomic E-state index is 0.0353. The van der Waals surface area contributed by atoms with Gasteiger partial charge >= 0.3 is 12.2 Å².